The Kier molecular flexibility index (Phi) is 4.49. The molecule has 3 aromatic rings. The van der Waals surface area contributed by atoms with Crippen molar-refractivity contribution in [3.8, 4) is 22.6 Å². The average molecular weight is 430 g/mol. The second-order valence-electron chi connectivity index (χ2n) is 4.61. The van der Waals surface area contributed by atoms with Crippen LogP contribution in [0.25, 0.3) is 22.0 Å². The number of benzene rings is 2. The SMILES string of the molecule is COc1cc(OC)c(F)c(-c2ccc3cnn(PI)c3c2)c1. The van der Waals surface area contributed by atoms with Gasteiger partial charge in [0.05, 0.1) is 32.3 Å². The molecule has 0 saturated carbocycles. The second-order valence-corrected chi connectivity index (χ2v) is 6.65. The molecule has 0 N–H and O–H groups in total. The first kappa shape index (κ1) is 15.5. The lowest BCUT2D eigenvalue weighted by molar-refractivity contribution is 0.375. The van der Waals surface area contributed by atoms with Crippen LogP contribution in [0.5, 0.6) is 11.5 Å². The molecule has 0 amide bonds. The van der Waals surface area contributed by atoms with Crippen molar-refractivity contribution >= 4 is 39.3 Å². The van der Waals surface area contributed by atoms with Gasteiger partial charge < -0.3 is 9.47 Å². The van der Waals surface area contributed by atoms with Crippen LogP contribution in [0, 0.1) is 5.82 Å². The summed E-state index contributed by atoms with van der Waals surface area (Å²) >= 11 is 2.27. The summed E-state index contributed by atoms with van der Waals surface area (Å²) in [5, 5.41) is 5.35. The van der Waals surface area contributed by atoms with E-state index in [-0.39, 0.29) is 5.75 Å². The van der Waals surface area contributed by atoms with Crippen LogP contribution >= 0.6 is 28.4 Å². The molecule has 7 heteroatoms. The van der Waals surface area contributed by atoms with Crippen LogP contribution in [0.1, 0.15) is 0 Å². The van der Waals surface area contributed by atoms with Crippen LogP contribution in [0.15, 0.2) is 36.5 Å². The van der Waals surface area contributed by atoms with Gasteiger partial charge in [-0.1, -0.05) is 12.1 Å². The number of aromatic nitrogens is 2. The highest BCUT2D eigenvalue weighted by Gasteiger charge is 2.15. The van der Waals surface area contributed by atoms with Crippen LogP contribution in [0.3, 0.4) is 0 Å². The molecule has 1 atom stereocenters. The molecule has 1 heterocycles. The van der Waals surface area contributed by atoms with Crippen molar-refractivity contribution in [1.29, 1.82) is 0 Å². The molecule has 0 aliphatic rings. The lowest BCUT2D eigenvalue weighted by Gasteiger charge is -2.11. The van der Waals surface area contributed by atoms with Crippen LogP contribution in [0.2, 0.25) is 0 Å². The predicted octanol–water partition coefficient (Wildman–Crippen LogP) is 4.65. The molecular formula is C15H13FIN2O2P. The van der Waals surface area contributed by atoms with Gasteiger partial charge in [0.25, 0.3) is 0 Å². The van der Waals surface area contributed by atoms with Crippen molar-refractivity contribution in [2.45, 2.75) is 0 Å². The lowest BCUT2D eigenvalue weighted by Crippen LogP contribution is -1.94. The quantitative estimate of drug-likeness (QED) is 0.447. The van der Waals surface area contributed by atoms with Gasteiger partial charge in [-0.15, -0.1) is 0 Å². The number of hydrogen-bond acceptors (Lipinski definition) is 3. The summed E-state index contributed by atoms with van der Waals surface area (Å²) in [5.74, 6) is 0.321. The smallest absolute Gasteiger partial charge is 0.173 e. The van der Waals surface area contributed by atoms with Crippen LogP contribution < -0.4 is 9.47 Å². The Bertz CT molecular complexity index is 838. The van der Waals surface area contributed by atoms with Crippen LogP contribution in [-0.4, -0.2) is 23.8 Å². The van der Waals surface area contributed by atoms with Crippen molar-refractivity contribution in [2.75, 3.05) is 14.2 Å². The van der Waals surface area contributed by atoms with Crippen LogP contribution in [0.4, 0.5) is 4.39 Å². The lowest BCUT2D eigenvalue weighted by atomic mass is 10.0. The summed E-state index contributed by atoms with van der Waals surface area (Å²) in [6.07, 6.45) is 2.30. The van der Waals surface area contributed by atoms with Crippen molar-refractivity contribution < 1.29 is 13.9 Å². The predicted molar refractivity (Wildman–Crippen MR) is 96.0 cm³/mol. The Morgan fingerprint density at radius 3 is 2.68 bits per heavy atom. The molecule has 0 aliphatic carbocycles. The first-order valence-corrected chi connectivity index (χ1v) is 10.5. The third-order valence-corrected chi connectivity index (χ3v) is 5.32. The molecule has 1 unspecified atom stereocenters. The molecule has 1 aromatic heterocycles. The summed E-state index contributed by atoms with van der Waals surface area (Å²) < 4.78 is 26.8. The minimum atomic E-state index is -0.398. The van der Waals surface area contributed by atoms with E-state index in [0.29, 0.717) is 17.7 Å². The van der Waals surface area contributed by atoms with Gasteiger partial charge in [-0.2, -0.15) is 5.10 Å². The summed E-state index contributed by atoms with van der Waals surface area (Å²) in [4.78, 5) is 0. The fraction of sp³-hybridized carbons (Fsp3) is 0.133. The molecule has 22 heavy (non-hydrogen) atoms. The molecule has 0 aliphatic heterocycles. The Labute approximate surface area is 141 Å². The van der Waals surface area contributed by atoms with E-state index in [1.54, 1.807) is 13.2 Å². The van der Waals surface area contributed by atoms with Gasteiger partial charge in [-0.25, -0.2) is 8.84 Å². The number of methoxy groups -OCH3 is 2. The number of ether oxygens (including phenoxy) is 2. The zero-order valence-corrected chi connectivity index (χ0v) is 15.1. The van der Waals surface area contributed by atoms with Crippen LogP contribution in [-0.2, 0) is 0 Å². The molecule has 114 valence electrons. The fourth-order valence-corrected chi connectivity index (χ4v) is 3.84. The summed E-state index contributed by atoms with van der Waals surface area (Å²) in [5.41, 5.74) is 2.19. The van der Waals surface area contributed by atoms with E-state index >= 15 is 0 Å². The van der Waals surface area contributed by atoms with E-state index < -0.39 is 5.82 Å². The van der Waals surface area contributed by atoms with Crippen molar-refractivity contribution in [2.24, 2.45) is 0 Å². The molecule has 0 radical (unpaired) electrons. The number of nitrogens with zero attached hydrogens (tertiary/aromatic N) is 2. The number of hydrogen-bond donors (Lipinski definition) is 0. The molecule has 0 saturated heterocycles. The van der Waals surface area contributed by atoms with Gasteiger partial charge in [0.15, 0.2) is 11.6 Å². The summed E-state index contributed by atoms with van der Waals surface area (Å²) in [6, 6.07) is 8.96. The van der Waals surface area contributed by atoms with Gasteiger partial charge in [0, 0.05) is 17.0 Å². The first-order chi connectivity index (χ1) is 10.7. The maximum atomic E-state index is 14.6. The molecule has 2 aromatic carbocycles. The van der Waals surface area contributed by atoms with Gasteiger partial charge in [0.2, 0.25) is 0 Å². The fourth-order valence-electron chi connectivity index (χ4n) is 2.30. The minimum absolute atomic E-state index is 0.165. The third-order valence-electron chi connectivity index (χ3n) is 3.43. The molecule has 3 rings (SSSR count). The molecule has 4 nitrogen and oxygen atoms in total. The van der Waals surface area contributed by atoms with E-state index in [0.717, 1.165) is 16.5 Å². The zero-order chi connectivity index (χ0) is 15.7. The second kappa shape index (κ2) is 6.38. The van der Waals surface area contributed by atoms with E-state index in [1.807, 2.05) is 28.8 Å². The van der Waals surface area contributed by atoms with E-state index in [2.05, 4.69) is 27.1 Å². The van der Waals surface area contributed by atoms with E-state index in [9.17, 15) is 4.39 Å². The van der Waals surface area contributed by atoms with E-state index in [4.69, 9.17) is 9.47 Å². The maximum absolute atomic E-state index is 14.6. The Balaban J connectivity index is 2.21. The normalized spacial score (nSPS) is 11.5. The largest absolute Gasteiger partial charge is 0.497 e. The highest BCUT2D eigenvalue weighted by atomic mass is 127. The van der Waals surface area contributed by atoms with E-state index in [1.165, 1.54) is 13.2 Å². The zero-order valence-electron chi connectivity index (χ0n) is 11.9. The number of fused-ring (bicyclic) bond motifs is 1. The van der Waals surface area contributed by atoms with Crippen molar-refractivity contribution in [3.05, 3.63) is 42.3 Å². The van der Waals surface area contributed by atoms with Gasteiger partial charge in [0.1, 0.15) is 5.75 Å². The molecule has 0 spiro atoms. The summed E-state index contributed by atoms with van der Waals surface area (Å²) in [6.45, 7) is 0. The Hall–Kier alpha value is -1.40. The van der Waals surface area contributed by atoms with Gasteiger partial charge in [-0.3, -0.25) is 0 Å². The monoisotopic (exact) mass is 430 g/mol. The van der Waals surface area contributed by atoms with Gasteiger partial charge >= 0.3 is 0 Å². The third kappa shape index (κ3) is 2.65. The van der Waals surface area contributed by atoms with Gasteiger partial charge in [-0.05, 0) is 39.7 Å². The Morgan fingerprint density at radius 2 is 2.00 bits per heavy atom. The molecule has 0 bridgehead atoms. The average Bonchev–Trinajstić information content (AvgIpc) is 2.97. The number of halogens is 2. The molecule has 0 fully saturated rings. The Morgan fingerprint density at radius 1 is 1.18 bits per heavy atom. The molecular weight excluding hydrogens is 417 g/mol. The minimum Gasteiger partial charge on any atom is -0.497 e. The highest BCUT2D eigenvalue weighted by molar-refractivity contribution is 14.2. The first-order valence-electron chi connectivity index (χ1n) is 6.44. The maximum Gasteiger partial charge on any atom is 0.173 e. The topological polar surface area (TPSA) is 36.3 Å². The van der Waals surface area contributed by atoms with Crippen molar-refractivity contribution in [1.82, 2.24) is 9.55 Å². The summed E-state index contributed by atoms with van der Waals surface area (Å²) in [7, 11) is 2.99. The highest BCUT2D eigenvalue weighted by Crippen LogP contribution is 2.36. The standard InChI is InChI=1S/C15H13FIN2O2P/c1-20-11-6-12(15(16)14(7-11)21-2)9-3-4-10-8-18-19(22-17)13(10)5-9/h3-8,22H,1-2H3. The van der Waals surface area contributed by atoms with Crippen molar-refractivity contribution in [3.63, 3.8) is 0 Å². The number of rotatable bonds is 4.